The lowest BCUT2D eigenvalue weighted by molar-refractivity contribution is -0.144. The summed E-state index contributed by atoms with van der Waals surface area (Å²) < 4.78 is 0. The van der Waals surface area contributed by atoms with Crippen molar-refractivity contribution in [2.75, 3.05) is 5.32 Å². The van der Waals surface area contributed by atoms with Crippen LogP contribution < -0.4 is 10.6 Å². The second-order valence-electron chi connectivity index (χ2n) is 12.6. The fourth-order valence-corrected chi connectivity index (χ4v) is 8.43. The van der Waals surface area contributed by atoms with Gasteiger partial charge in [-0.05, 0) is 58.4 Å². The zero-order valence-electron chi connectivity index (χ0n) is 23.4. The topological polar surface area (TPSA) is 127 Å². The zero-order valence-corrected chi connectivity index (χ0v) is 24.4. The van der Waals surface area contributed by atoms with Crippen LogP contribution in [-0.2, 0) is 28.1 Å². The molecule has 0 radical (unpaired) electrons. The smallest absolute Gasteiger partial charge is 0.329 e. The number of aliphatic carboxylic acids is 1. The predicted molar refractivity (Wildman–Crippen MR) is 150 cm³/mol. The number of carbonyl (C=O) groups excluding carboxylic acids is 2. The molecule has 1 saturated carbocycles. The van der Waals surface area contributed by atoms with E-state index in [9.17, 15) is 19.5 Å². The lowest BCUT2D eigenvalue weighted by Gasteiger charge is -2.48. The number of hydrogen-bond acceptors (Lipinski definition) is 4. The minimum atomic E-state index is -1.76. The molecule has 0 saturated heterocycles. The van der Waals surface area contributed by atoms with Crippen molar-refractivity contribution >= 4 is 31.8 Å². The van der Waals surface area contributed by atoms with E-state index in [0.29, 0.717) is 18.7 Å². The van der Waals surface area contributed by atoms with E-state index < -0.39 is 31.2 Å². The number of urea groups is 1. The Morgan fingerprint density at radius 2 is 1.82 bits per heavy atom. The summed E-state index contributed by atoms with van der Waals surface area (Å²) in [4.78, 5) is 40.8. The van der Waals surface area contributed by atoms with E-state index in [1.165, 1.54) is 0 Å². The SMILES string of the molecule is CC(CCCc1ccccc1)(NC(=O)N1Cc2c(NC(=O)C3([Si](C)(C)C)CCC3)n[nH]c2C1(C)C)C(=O)O. The van der Waals surface area contributed by atoms with Crippen LogP contribution in [0.15, 0.2) is 30.3 Å². The molecule has 2 heterocycles. The second-order valence-corrected chi connectivity index (χ2v) is 18.1. The van der Waals surface area contributed by atoms with Crippen LogP contribution in [-0.4, -0.2) is 51.7 Å². The van der Waals surface area contributed by atoms with Crippen LogP contribution in [0.25, 0.3) is 0 Å². The molecule has 1 aromatic heterocycles. The van der Waals surface area contributed by atoms with Crippen LogP contribution in [0.5, 0.6) is 0 Å². The number of hydrogen-bond donors (Lipinski definition) is 4. The number of benzene rings is 1. The molecule has 2 aliphatic rings. The molecular formula is C28H41N5O4Si. The fourth-order valence-electron chi connectivity index (χ4n) is 5.84. The van der Waals surface area contributed by atoms with Gasteiger partial charge in [0.15, 0.2) is 5.82 Å². The third-order valence-corrected chi connectivity index (χ3v) is 12.5. The number of aromatic amines is 1. The first-order valence-corrected chi connectivity index (χ1v) is 17.0. The van der Waals surface area contributed by atoms with Gasteiger partial charge < -0.3 is 20.6 Å². The molecule has 0 bridgehead atoms. The van der Waals surface area contributed by atoms with E-state index >= 15 is 0 Å². The molecule has 9 nitrogen and oxygen atoms in total. The minimum absolute atomic E-state index is 0.0230. The summed E-state index contributed by atoms with van der Waals surface area (Å²) in [5, 5.41) is 23.0. The Bertz CT molecular complexity index is 1220. The molecule has 10 heteroatoms. The third kappa shape index (κ3) is 4.86. The maximum atomic E-state index is 13.5. The molecule has 2 aromatic rings. The van der Waals surface area contributed by atoms with Gasteiger partial charge in [0, 0.05) is 10.6 Å². The van der Waals surface area contributed by atoms with E-state index in [1.54, 1.807) is 11.8 Å². The molecule has 1 aromatic carbocycles. The Balaban J connectivity index is 1.46. The summed E-state index contributed by atoms with van der Waals surface area (Å²) in [6, 6.07) is 9.43. The maximum Gasteiger partial charge on any atom is 0.329 e. The molecule has 3 amide bonds. The third-order valence-electron chi connectivity index (χ3n) is 8.86. The number of aryl methyl sites for hydroxylation is 1. The van der Waals surface area contributed by atoms with Gasteiger partial charge in [-0.3, -0.25) is 9.89 Å². The van der Waals surface area contributed by atoms with E-state index in [-0.39, 0.29) is 17.5 Å². The van der Waals surface area contributed by atoms with Gasteiger partial charge in [0.2, 0.25) is 5.91 Å². The molecule has 0 spiro atoms. The second kappa shape index (κ2) is 9.87. The lowest BCUT2D eigenvalue weighted by atomic mass is 9.83. The van der Waals surface area contributed by atoms with E-state index in [2.05, 4.69) is 40.5 Å². The van der Waals surface area contributed by atoms with E-state index in [0.717, 1.165) is 42.5 Å². The van der Waals surface area contributed by atoms with Crippen LogP contribution in [0.4, 0.5) is 10.6 Å². The van der Waals surface area contributed by atoms with Crippen molar-refractivity contribution in [3.05, 3.63) is 47.2 Å². The highest BCUT2D eigenvalue weighted by molar-refractivity contribution is 6.83. The van der Waals surface area contributed by atoms with Crippen LogP contribution >= 0.6 is 0 Å². The Morgan fingerprint density at radius 1 is 1.16 bits per heavy atom. The average molecular weight is 540 g/mol. The van der Waals surface area contributed by atoms with Crippen LogP contribution in [0.1, 0.15) is 69.7 Å². The van der Waals surface area contributed by atoms with Gasteiger partial charge in [0.25, 0.3) is 0 Å². The number of anilines is 1. The highest BCUT2D eigenvalue weighted by Gasteiger charge is 2.54. The lowest BCUT2D eigenvalue weighted by Crippen LogP contribution is -2.57. The molecule has 1 fully saturated rings. The van der Waals surface area contributed by atoms with Crippen LogP contribution in [0, 0.1) is 0 Å². The normalized spacial score (nSPS) is 19.2. The predicted octanol–water partition coefficient (Wildman–Crippen LogP) is 5.24. The van der Waals surface area contributed by atoms with Gasteiger partial charge in [-0.15, -0.1) is 0 Å². The fraction of sp³-hybridized carbons (Fsp3) is 0.571. The molecular weight excluding hydrogens is 498 g/mol. The summed E-state index contributed by atoms with van der Waals surface area (Å²) in [6.45, 7) is 12.3. The Kier molecular flexibility index (Phi) is 7.24. The molecule has 38 heavy (non-hydrogen) atoms. The van der Waals surface area contributed by atoms with Gasteiger partial charge in [-0.25, -0.2) is 9.59 Å². The van der Waals surface area contributed by atoms with Gasteiger partial charge in [0.1, 0.15) is 5.54 Å². The van der Waals surface area contributed by atoms with Crippen molar-refractivity contribution < 1.29 is 19.5 Å². The molecule has 4 N–H and O–H groups in total. The van der Waals surface area contributed by atoms with E-state index in [1.807, 2.05) is 44.2 Å². The van der Waals surface area contributed by atoms with Crippen molar-refractivity contribution in [1.82, 2.24) is 20.4 Å². The van der Waals surface area contributed by atoms with Crippen LogP contribution in [0.2, 0.25) is 24.7 Å². The van der Waals surface area contributed by atoms with Crippen molar-refractivity contribution in [3.8, 4) is 0 Å². The number of fused-ring (bicyclic) bond motifs is 1. The summed E-state index contributed by atoms with van der Waals surface area (Å²) >= 11 is 0. The number of carboxylic acid groups (broad SMARTS) is 1. The van der Waals surface area contributed by atoms with Gasteiger partial charge >= 0.3 is 12.0 Å². The van der Waals surface area contributed by atoms with Crippen molar-refractivity contribution in [3.63, 3.8) is 0 Å². The molecule has 206 valence electrons. The van der Waals surface area contributed by atoms with Gasteiger partial charge in [-0.2, -0.15) is 5.10 Å². The zero-order chi connectivity index (χ0) is 27.9. The molecule has 1 atom stereocenters. The summed E-state index contributed by atoms with van der Waals surface area (Å²) in [6.07, 6.45) is 4.51. The Labute approximate surface area is 225 Å². The average Bonchev–Trinajstić information content (AvgIpc) is 3.30. The Morgan fingerprint density at radius 3 is 2.37 bits per heavy atom. The van der Waals surface area contributed by atoms with Gasteiger partial charge in [-0.1, -0.05) is 56.4 Å². The van der Waals surface area contributed by atoms with Crippen LogP contribution in [0.3, 0.4) is 0 Å². The number of aromatic nitrogens is 2. The first kappa shape index (κ1) is 27.9. The number of nitrogens with zero attached hydrogens (tertiary/aromatic N) is 2. The highest BCUT2D eigenvalue weighted by atomic mass is 28.3. The van der Waals surface area contributed by atoms with Crippen molar-refractivity contribution in [2.45, 2.75) is 102 Å². The summed E-state index contributed by atoms with van der Waals surface area (Å²) in [5.74, 6) is -0.585. The first-order valence-electron chi connectivity index (χ1n) is 13.5. The molecule has 1 aliphatic carbocycles. The largest absolute Gasteiger partial charge is 0.480 e. The molecule has 1 unspecified atom stereocenters. The number of nitrogens with one attached hydrogen (secondary N) is 3. The number of rotatable bonds is 9. The van der Waals surface area contributed by atoms with Gasteiger partial charge in [0.05, 0.1) is 25.9 Å². The molecule has 4 rings (SSSR count). The summed E-state index contributed by atoms with van der Waals surface area (Å²) in [5.41, 5.74) is 0.475. The number of carbonyl (C=O) groups is 3. The molecule has 1 aliphatic heterocycles. The number of H-pyrrole nitrogens is 1. The first-order chi connectivity index (χ1) is 17.7. The Hall–Kier alpha value is -3.14. The standard InChI is InChI=1S/C28H41N5O4Si/c1-26(2)21-20(22(32-31-21)29-23(34)28(16-11-17-28)38(4,5)6)18-33(26)25(37)30-27(3,24(35)36)15-10-14-19-12-8-7-9-13-19/h7-9,12-13H,10-11,14-18H2,1-6H3,(H,30,37)(H,35,36)(H2,29,31,32,34). The number of amides is 3. The number of carboxylic acids is 1. The monoisotopic (exact) mass is 539 g/mol. The summed E-state index contributed by atoms with van der Waals surface area (Å²) in [7, 11) is -1.76. The minimum Gasteiger partial charge on any atom is -0.480 e. The quantitative estimate of drug-likeness (QED) is 0.324. The highest BCUT2D eigenvalue weighted by Crippen LogP contribution is 2.56. The van der Waals surface area contributed by atoms with Crippen molar-refractivity contribution in [1.29, 1.82) is 0 Å². The van der Waals surface area contributed by atoms with E-state index in [4.69, 9.17) is 0 Å². The maximum absolute atomic E-state index is 13.5. The van der Waals surface area contributed by atoms with Crippen molar-refractivity contribution in [2.24, 2.45) is 0 Å².